The van der Waals surface area contributed by atoms with Crippen LogP contribution in [0.5, 0.6) is 5.75 Å². The lowest BCUT2D eigenvalue weighted by molar-refractivity contribution is 0.312. The minimum absolute atomic E-state index is 0.115. The van der Waals surface area contributed by atoms with Gasteiger partial charge in [0.2, 0.25) is 0 Å². The van der Waals surface area contributed by atoms with Gasteiger partial charge in [0.05, 0.1) is 11.1 Å². The Kier molecular flexibility index (Phi) is 5.62. The van der Waals surface area contributed by atoms with Crippen LogP contribution >= 0.6 is 11.6 Å². The number of phenols is 1. The summed E-state index contributed by atoms with van der Waals surface area (Å²) in [6.45, 7) is 3.06. The zero-order valence-electron chi connectivity index (χ0n) is 16.9. The number of halogens is 1. The fourth-order valence-corrected chi connectivity index (χ4v) is 3.91. The Balaban J connectivity index is 1.77. The Morgan fingerprint density at radius 1 is 0.967 bits per heavy atom. The molecule has 0 unspecified atom stereocenters. The average molecular weight is 420 g/mol. The molecule has 5 heteroatoms. The Hall–Kier alpha value is -3.08. The summed E-state index contributed by atoms with van der Waals surface area (Å²) in [5.41, 5.74) is 3.85. The van der Waals surface area contributed by atoms with Gasteiger partial charge in [0.1, 0.15) is 11.3 Å². The summed E-state index contributed by atoms with van der Waals surface area (Å²) in [5, 5.41) is 11.9. The quantitative estimate of drug-likeness (QED) is 0.418. The molecule has 0 saturated heterocycles. The molecule has 0 atom stereocenters. The largest absolute Gasteiger partial charge is 0.507 e. The van der Waals surface area contributed by atoms with Gasteiger partial charge in [0.25, 0.3) is 0 Å². The molecule has 0 saturated carbocycles. The van der Waals surface area contributed by atoms with Crippen LogP contribution < -0.4 is 5.63 Å². The van der Waals surface area contributed by atoms with Crippen molar-refractivity contribution >= 4 is 22.6 Å². The standard InChI is InChI=1S/C25H22ClNO3/c1-16-20-12-13-22(28)21(15-27(2)14-17-6-4-3-5-7-17)24(20)30-25(29)23(16)18-8-10-19(26)11-9-18/h3-13,28H,14-15H2,1-2H3. The van der Waals surface area contributed by atoms with Crippen LogP contribution in [0.25, 0.3) is 22.1 Å². The summed E-state index contributed by atoms with van der Waals surface area (Å²) in [6, 6.07) is 20.7. The van der Waals surface area contributed by atoms with Crippen molar-refractivity contribution in [3.63, 3.8) is 0 Å². The Morgan fingerprint density at radius 2 is 1.67 bits per heavy atom. The number of aromatic hydroxyl groups is 1. The third-order valence-corrected chi connectivity index (χ3v) is 5.52. The number of fused-ring (bicyclic) bond motifs is 1. The van der Waals surface area contributed by atoms with Gasteiger partial charge in [-0.05, 0) is 54.9 Å². The van der Waals surface area contributed by atoms with E-state index >= 15 is 0 Å². The average Bonchev–Trinajstić information content (AvgIpc) is 2.72. The molecule has 4 rings (SSSR count). The second-order valence-corrected chi connectivity index (χ2v) is 7.93. The molecule has 0 fully saturated rings. The second kappa shape index (κ2) is 8.34. The molecule has 4 nitrogen and oxygen atoms in total. The molecule has 0 aliphatic carbocycles. The summed E-state index contributed by atoms with van der Waals surface area (Å²) in [5.74, 6) is 0.115. The summed E-state index contributed by atoms with van der Waals surface area (Å²) in [7, 11) is 1.97. The first-order chi connectivity index (χ1) is 14.4. The van der Waals surface area contributed by atoms with Gasteiger partial charge >= 0.3 is 5.63 Å². The van der Waals surface area contributed by atoms with Gasteiger partial charge < -0.3 is 9.52 Å². The highest BCUT2D eigenvalue weighted by Gasteiger charge is 2.18. The van der Waals surface area contributed by atoms with E-state index in [1.807, 2.05) is 44.3 Å². The van der Waals surface area contributed by atoms with Crippen molar-refractivity contribution in [1.82, 2.24) is 4.90 Å². The summed E-state index contributed by atoms with van der Waals surface area (Å²) in [6.07, 6.45) is 0. The van der Waals surface area contributed by atoms with Crippen molar-refractivity contribution in [2.75, 3.05) is 7.05 Å². The first-order valence-electron chi connectivity index (χ1n) is 9.70. The molecule has 30 heavy (non-hydrogen) atoms. The molecule has 1 N–H and O–H groups in total. The van der Waals surface area contributed by atoms with E-state index in [1.165, 1.54) is 5.56 Å². The van der Waals surface area contributed by atoms with Crippen molar-refractivity contribution in [2.45, 2.75) is 20.0 Å². The molecule has 0 amide bonds. The zero-order chi connectivity index (χ0) is 21.3. The first kappa shape index (κ1) is 20.2. The number of rotatable bonds is 5. The van der Waals surface area contributed by atoms with Crippen LogP contribution in [0.1, 0.15) is 16.7 Å². The Morgan fingerprint density at radius 3 is 2.37 bits per heavy atom. The van der Waals surface area contributed by atoms with Crippen LogP contribution in [0.15, 0.2) is 75.9 Å². The minimum atomic E-state index is -0.431. The van der Waals surface area contributed by atoms with Crippen LogP contribution in [0.4, 0.5) is 0 Å². The van der Waals surface area contributed by atoms with Crippen LogP contribution in [0.2, 0.25) is 5.02 Å². The SMILES string of the molecule is Cc1c(-c2ccc(Cl)cc2)c(=O)oc2c(CN(C)Cc3ccccc3)c(O)ccc12. The van der Waals surface area contributed by atoms with Crippen molar-refractivity contribution in [3.8, 4) is 16.9 Å². The lowest BCUT2D eigenvalue weighted by Crippen LogP contribution is -2.18. The highest BCUT2D eigenvalue weighted by atomic mass is 35.5. The molecule has 1 heterocycles. The molecule has 0 bridgehead atoms. The third kappa shape index (κ3) is 3.97. The molecular formula is C25H22ClNO3. The van der Waals surface area contributed by atoms with Gasteiger partial charge in [-0.1, -0.05) is 54.1 Å². The van der Waals surface area contributed by atoms with Gasteiger partial charge in [-0.15, -0.1) is 0 Å². The van der Waals surface area contributed by atoms with Gasteiger partial charge in [0.15, 0.2) is 0 Å². The molecule has 4 aromatic rings. The fraction of sp³-hybridized carbons (Fsp3) is 0.160. The fourth-order valence-electron chi connectivity index (χ4n) is 3.79. The van der Waals surface area contributed by atoms with Gasteiger partial charge in [-0.3, -0.25) is 4.90 Å². The molecule has 152 valence electrons. The minimum Gasteiger partial charge on any atom is -0.507 e. The number of nitrogens with zero attached hydrogens (tertiary/aromatic N) is 1. The second-order valence-electron chi connectivity index (χ2n) is 7.49. The summed E-state index contributed by atoms with van der Waals surface area (Å²) in [4.78, 5) is 15.0. The lowest BCUT2D eigenvalue weighted by Gasteiger charge is -2.19. The van der Waals surface area contributed by atoms with Crippen molar-refractivity contribution in [3.05, 3.63) is 98.9 Å². The van der Waals surface area contributed by atoms with Crippen LogP contribution in [-0.4, -0.2) is 17.1 Å². The maximum Gasteiger partial charge on any atom is 0.344 e. The maximum absolute atomic E-state index is 12.9. The monoisotopic (exact) mass is 419 g/mol. The predicted octanol–water partition coefficient (Wildman–Crippen LogP) is 5.76. The van der Waals surface area contributed by atoms with E-state index in [9.17, 15) is 9.90 Å². The molecule has 0 aliphatic rings. The van der Waals surface area contributed by atoms with Crippen LogP contribution in [0, 0.1) is 6.92 Å². The first-order valence-corrected chi connectivity index (χ1v) is 10.1. The number of aryl methyl sites for hydroxylation is 1. The van der Waals surface area contributed by atoms with E-state index in [-0.39, 0.29) is 5.75 Å². The smallest absolute Gasteiger partial charge is 0.344 e. The van der Waals surface area contributed by atoms with Gasteiger partial charge in [-0.2, -0.15) is 0 Å². The van der Waals surface area contributed by atoms with E-state index in [0.29, 0.717) is 34.8 Å². The van der Waals surface area contributed by atoms with Crippen LogP contribution in [-0.2, 0) is 13.1 Å². The van der Waals surface area contributed by atoms with E-state index in [4.69, 9.17) is 16.0 Å². The highest BCUT2D eigenvalue weighted by Crippen LogP contribution is 2.33. The number of benzene rings is 3. The predicted molar refractivity (Wildman–Crippen MR) is 121 cm³/mol. The van der Waals surface area contributed by atoms with E-state index in [1.54, 1.807) is 24.3 Å². The maximum atomic E-state index is 12.9. The zero-order valence-corrected chi connectivity index (χ0v) is 17.6. The van der Waals surface area contributed by atoms with Gasteiger partial charge in [-0.25, -0.2) is 4.79 Å². The van der Waals surface area contributed by atoms with E-state index < -0.39 is 5.63 Å². The molecule has 0 radical (unpaired) electrons. The molecule has 0 aliphatic heterocycles. The van der Waals surface area contributed by atoms with Crippen LogP contribution in [0.3, 0.4) is 0 Å². The van der Waals surface area contributed by atoms with E-state index in [0.717, 1.165) is 16.5 Å². The van der Waals surface area contributed by atoms with Gasteiger partial charge in [0, 0.05) is 23.5 Å². The summed E-state index contributed by atoms with van der Waals surface area (Å²) >= 11 is 5.98. The number of hydrogen-bond donors (Lipinski definition) is 1. The molecular weight excluding hydrogens is 398 g/mol. The Bertz CT molecular complexity index is 1250. The number of phenolic OH excluding ortho intramolecular Hbond substituents is 1. The molecule has 0 spiro atoms. The van der Waals surface area contributed by atoms with E-state index in [2.05, 4.69) is 17.0 Å². The van der Waals surface area contributed by atoms with Crippen molar-refractivity contribution < 1.29 is 9.52 Å². The van der Waals surface area contributed by atoms with Crippen molar-refractivity contribution in [1.29, 1.82) is 0 Å². The van der Waals surface area contributed by atoms with Crippen molar-refractivity contribution in [2.24, 2.45) is 0 Å². The third-order valence-electron chi connectivity index (χ3n) is 5.27. The summed E-state index contributed by atoms with van der Waals surface area (Å²) < 4.78 is 5.75. The lowest BCUT2D eigenvalue weighted by atomic mass is 9.98. The molecule has 1 aromatic heterocycles. The highest BCUT2D eigenvalue weighted by molar-refractivity contribution is 6.30. The normalized spacial score (nSPS) is 11.3. The number of hydrogen-bond acceptors (Lipinski definition) is 4. The topological polar surface area (TPSA) is 53.7 Å². The Labute approximate surface area is 180 Å². The molecule has 3 aromatic carbocycles.